The number of anilines is 1. The fourth-order valence-electron chi connectivity index (χ4n) is 2.53. The van der Waals surface area contributed by atoms with Gasteiger partial charge in [-0.05, 0) is 42.1 Å². The Kier molecular flexibility index (Phi) is 5.02. The van der Waals surface area contributed by atoms with Crippen LogP contribution in [-0.2, 0) is 4.79 Å². The molecule has 4 heteroatoms. The van der Waals surface area contributed by atoms with Crippen LogP contribution in [0.4, 0.5) is 5.69 Å². The van der Waals surface area contributed by atoms with Crippen LogP contribution in [0.3, 0.4) is 0 Å². The van der Waals surface area contributed by atoms with E-state index >= 15 is 0 Å². The summed E-state index contributed by atoms with van der Waals surface area (Å²) in [4.78, 5) is 12.5. The van der Waals surface area contributed by atoms with E-state index in [0.29, 0.717) is 22.9 Å². The normalized spacial score (nSPS) is 11.9. The van der Waals surface area contributed by atoms with Gasteiger partial charge in [0, 0.05) is 16.1 Å². The van der Waals surface area contributed by atoms with E-state index in [1.165, 1.54) is 0 Å². The Hall–Kier alpha value is -2.52. The van der Waals surface area contributed by atoms with Gasteiger partial charge in [0.25, 0.3) is 5.91 Å². The summed E-state index contributed by atoms with van der Waals surface area (Å²) in [7, 11) is 0. The summed E-state index contributed by atoms with van der Waals surface area (Å²) in [5.41, 5.74) is 0.698. The van der Waals surface area contributed by atoms with Crippen LogP contribution >= 0.6 is 11.6 Å². The maximum absolute atomic E-state index is 12.5. The fourth-order valence-corrected chi connectivity index (χ4v) is 2.66. The zero-order valence-electron chi connectivity index (χ0n) is 13.3. The van der Waals surface area contributed by atoms with Gasteiger partial charge in [-0.2, -0.15) is 0 Å². The average molecular weight is 340 g/mol. The van der Waals surface area contributed by atoms with Crippen LogP contribution in [0.15, 0.2) is 66.7 Å². The highest BCUT2D eigenvalue weighted by Gasteiger charge is 2.19. The van der Waals surface area contributed by atoms with Crippen molar-refractivity contribution in [2.45, 2.75) is 19.4 Å². The molecule has 1 atom stereocenters. The first-order chi connectivity index (χ1) is 11.7. The van der Waals surface area contributed by atoms with Gasteiger partial charge in [0.15, 0.2) is 6.10 Å². The number of carbonyl (C=O) groups is 1. The number of halogens is 1. The van der Waals surface area contributed by atoms with Crippen LogP contribution in [-0.4, -0.2) is 12.0 Å². The summed E-state index contributed by atoms with van der Waals surface area (Å²) in [5, 5.41) is 5.58. The van der Waals surface area contributed by atoms with E-state index in [2.05, 4.69) is 5.32 Å². The molecule has 0 aliphatic rings. The van der Waals surface area contributed by atoms with Crippen molar-refractivity contribution in [1.29, 1.82) is 0 Å². The molecule has 1 N–H and O–H groups in total. The summed E-state index contributed by atoms with van der Waals surface area (Å²) in [6, 6.07) is 20.8. The summed E-state index contributed by atoms with van der Waals surface area (Å²) in [5.74, 6) is 0.541. The summed E-state index contributed by atoms with van der Waals surface area (Å²) < 4.78 is 6.00. The molecule has 0 saturated carbocycles. The number of hydrogen-bond donors (Lipinski definition) is 1. The van der Waals surface area contributed by atoms with Gasteiger partial charge in [0.1, 0.15) is 5.75 Å². The predicted octanol–water partition coefficient (Wildman–Crippen LogP) is 5.29. The van der Waals surface area contributed by atoms with Crippen LogP contribution in [0.1, 0.15) is 13.3 Å². The van der Waals surface area contributed by atoms with Crippen LogP contribution in [0.25, 0.3) is 10.8 Å². The molecule has 3 rings (SSSR count). The Morgan fingerprint density at radius 3 is 2.50 bits per heavy atom. The number of fused-ring (bicyclic) bond motifs is 1. The lowest BCUT2D eigenvalue weighted by atomic mass is 10.1. The number of ether oxygens (including phenoxy) is 1. The fraction of sp³-hybridized carbons (Fsp3) is 0.150. The third-order valence-corrected chi connectivity index (χ3v) is 4.05. The van der Waals surface area contributed by atoms with Crippen LogP contribution in [0.5, 0.6) is 5.75 Å². The van der Waals surface area contributed by atoms with Crippen molar-refractivity contribution in [3.8, 4) is 5.75 Å². The quantitative estimate of drug-likeness (QED) is 0.686. The summed E-state index contributed by atoms with van der Waals surface area (Å²) in [6.45, 7) is 1.93. The minimum atomic E-state index is -0.563. The molecule has 0 aliphatic heterocycles. The number of benzene rings is 3. The minimum absolute atomic E-state index is 0.173. The van der Waals surface area contributed by atoms with Crippen molar-refractivity contribution in [2.75, 3.05) is 5.32 Å². The number of nitrogens with one attached hydrogen (secondary N) is 1. The third kappa shape index (κ3) is 3.69. The molecule has 3 aromatic rings. The molecule has 3 nitrogen and oxygen atoms in total. The average Bonchev–Trinajstić information content (AvgIpc) is 2.61. The predicted molar refractivity (Wildman–Crippen MR) is 98.7 cm³/mol. The topological polar surface area (TPSA) is 38.3 Å². The van der Waals surface area contributed by atoms with E-state index in [1.54, 1.807) is 24.3 Å². The van der Waals surface area contributed by atoms with Gasteiger partial charge >= 0.3 is 0 Å². The van der Waals surface area contributed by atoms with Crippen molar-refractivity contribution in [2.24, 2.45) is 0 Å². The van der Waals surface area contributed by atoms with Crippen molar-refractivity contribution in [3.05, 3.63) is 71.8 Å². The van der Waals surface area contributed by atoms with Crippen molar-refractivity contribution in [1.82, 2.24) is 0 Å². The van der Waals surface area contributed by atoms with E-state index in [4.69, 9.17) is 16.3 Å². The van der Waals surface area contributed by atoms with Gasteiger partial charge in [0.2, 0.25) is 0 Å². The van der Waals surface area contributed by atoms with Crippen LogP contribution < -0.4 is 10.1 Å². The zero-order valence-corrected chi connectivity index (χ0v) is 14.1. The van der Waals surface area contributed by atoms with Gasteiger partial charge in [-0.1, -0.05) is 54.9 Å². The van der Waals surface area contributed by atoms with E-state index in [1.807, 2.05) is 49.4 Å². The van der Waals surface area contributed by atoms with E-state index < -0.39 is 6.10 Å². The van der Waals surface area contributed by atoms with Gasteiger partial charge in [0.05, 0.1) is 0 Å². The first kappa shape index (κ1) is 16.3. The largest absolute Gasteiger partial charge is 0.480 e. The van der Waals surface area contributed by atoms with E-state index in [9.17, 15) is 4.79 Å². The number of hydrogen-bond acceptors (Lipinski definition) is 2. The summed E-state index contributed by atoms with van der Waals surface area (Å²) >= 11 is 5.86. The second kappa shape index (κ2) is 7.37. The Balaban J connectivity index is 1.78. The molecule has 0 spiro atoms. The molecular formula is C20H18ClNO2. The molecule has 0 radical (unpaired) electrons. The Morgan fingerprint density at radius 1 is 1.04 bits per heavy atom. The number of rotatable bonds is 5. The number of carbonyl (C=O) groups excluding carboxylic acids is 1. The highest BCUT2D eigenvalue weighted by Crippen LogP contribution is 2.26. The molecule has 0 unspecified atom stereocenters. The van der Waals surface area contributed by atoms with Crippen molar-refractivity contribution < 1.29 is 9.53 Å². The summed E-state index contributed by atoms with van der Waals surface area (Å²) in [6.07, 6.45) is 0.00863. The number of amides is 1. The van der Waals surface area contributed by atoms with Gasteiger partial charge in [-0.15, -0.1) is 0 Å². The molecule has 0 bridgehead atoms. The SMILES string of the molecule is CC[C@@H](Oc1cccc2ccccc12)C(=O)Nc1ccc(Cl)cc1. The molecule has 1 amide bonds. The second-order valence-corrected chi connectivity index (χ2v) is 5.92. The standard InChI is InChI=1S/C20H18ClNO2/c1-2-18(20(23)22-16-12-10-15(21)11-13-16)24-19-9-5-7-14-6-3-4-8-17(14)19/h3-13,18H,2H2,1H3,(H,22,23)/t18-/m1/s1. The Bertz CT molecular complexity index is 840. The maximum atomic E-state index is 12.5. The smallest absolute Gasteiger partial charge is 0.265 e. The molecule has 122 valence electrons. The monoisotopic (exact) mass is 339 g/mol. The van der Waals surface area contributed by atoms with Crippen LogP contribution in [0, 0.1) is 0 Å². The van der Waals surface area contributed by atoms with Crippen LogP contribution in [0.2, 0.25) is 5.02 Å². The zero-order chi connectivity index (χ0) is 16.9. The Morgan fingerprint density at radius 2 is 1.75 bits per heavy atom. The van der Waals surface area contributed by atoms with Crippen molar-refractivity contribution in [3.63, 3.8) is 0 Å². The highest BCUT2D eigenvalue weighted by atomic mass is 35.5. The molecule has 0 saturated heterocycles. The lowest BCUT2D eigenvalue weighted by Crippen LogP contribution is -2.32. The van der Waals surface area contributed by atoms with E-state index in [-0.39, 0.29) is 5.91 Å². The van der Waals surface area contributed by atoms with Gasteiger partial charge < -0.3 is 10.1 Å². The third-order valence-electron chi connectivity index (χ3n) is 3.79. The molecule has 24 heavy (non-hydrogen) atoms. The van der Waals surface area contributed by atoms with Gasteiger partial charge in [-0.25, -0.2) is 0 Å². The molecule has 0 aliphatic carbocycles. The van der Waals surface area contributed by atoms with Gasteiger partial charge in [-0.3, -0.25) is 4.79 Å². The minimum Gasteiger partial charge on any atom is -0.480 e. The molecule has 0 aromatic heterocycles. The Labute approximate surface area is 146 Å². The maximum Gasteiger partial charge on any atom is 0.265 e. The molecular weight excluding hydrogens is 322 g/mol. The molecule has 0 fully saturated rings. The molecule has 0 heterocycles. The van der Waals surface area contributed by atoms with Crippen molar-refractivity contribution >= 4 is 34.0 Å². The molecule has 3 aromatic carbocycles. The lowest BCUT2D eigenvalue weighted by molar-refractivity contribution is -0.122. The first-order valence-electron chi connectivity index (χ1n) is 7.88. The van der Waals surface area contributed by atoms with E-state index in [0.717, 1.165) is 10.8 Å². The highest BCUT2D eigenvalue weighted by molar-refractivity contribution is 6.30. The lowest BCUT2D eigenvalue weighted by Gasteiger charge is -2.18. The second-order valence-electron chi connectivity index (χ2n) is 5.49. The first-order valence-corrected chi connectivity index (χ1v) is 8.26.